The van der Waals surface area contributed by atoms with Crippen LogP contribution in [0.2, 0.25) is 0 Å². The molecule has 0 atom stereocenters. The summed E-state index contributed by atoms with van der Waals surface area (Å²) in [6.07, 6.45) is 2.84. The molecule has 0 aromatic heterocycles. The highest BCUT2D eigenvalue weighted by atomic mass is 16.3. The first-order valence-electron chi connectivity index (χ1n) is 5.81. The highest BCUT2D eigenvalue weighted by molar-refractivity contribution is 6.52. The molecule has 2 aliphatic rings. The lowest BCUT2D eigenvalue weighted by Gasteiger charge is -2.30. The van der Waals surface area contributed by atoms with Gasteiger partial charge in [-0.05, 0) is 18.8 Å². The van der Waals surface area contributed by atoms with Gasteiger partial charge >= 0.3 is 0 Å². The number of hydrogen-bond donors (Lipinski definition) is 1. The summed E-state index contributed by atoms with van der Waals surface area (Å²) in [5.74, 6) is -0.930. The van der Waals surface area contributed by atoms with E-state index in [-0.39, 0.29) is 11.7 Å². The number of rotatable bonds is 1. The fourth-order valence-corrected chi connectivity index (χ4v) is 2.46. The standard InChI is InChI=1S/C14H12O3/c15-12-9-6-1-2-7-10(9)13(16)14(17)11(12)8-4-3-5-8/h1-2,6-8,15H,3-5H2. The van der Waals surface area contributed by atoms with Crippen molar-refractivity contribution in [3.8, 4) is 0 Å². The molecule has 0 saturated heterocycles. The van der Waals surface area contributed by atoms with Crippen LogP contribution in [0.4, 0.5) is 0 Å². The first kappa shape index (κ1) is 10.3. The molecule has 0 unspecified atom stereocenters. The van der Waals surface area contributed by atoms with Crippen molar-refractivity contribution < 1.29 is 14.7 Å². The minimum Gasteiger partial charge on any atom is -0.507 e. The van der Waals surface area contributed by atoms with Crippen LogP contribution in [0.15, 0.2) is 29.8 Å². The van der Waals surface area contributed by atoms with Crippen molar-refractivity contribution in [2.24, 2.45) is 5.92 Å². The van der Waals surface area contributed by atoms with Crippen LogP contribution in [-0.2, 0) is 4.79 Å². The normalized spacial score (nSPS) is 20.2. The minimum absolute atomic E-state index is 0.00917. The van der Waals surface area contributed by atoms with Crippen LogP contribution in [0.1, 0.15) is 35.2 Å². The van der Waals surface area contributed by atoms with Gasteiger partial charge in [0.05, 0.1) is 0 Å². The lowest BCUT2D eigenvalue weighted by molar-refractivity contribution is -0.112. The van der Waals surface area contributed by atoms with Gasteiger partial charge in [-0.3, -0.25) is 9.59 Å². The van der Waals surface area contributed by atoms with Gasteiger partial charge in [0.1, 0.15) is 5.76 Å². The molecule has 3 rings (SSSR count). The highest BCUT2D eigenvalue weighted by Gasteiger charge is 2.38. The fraction of sp³-hybridized carbons (Fsp3) is 0.286. The second-order valence-corrected chi connectivity index (χ2v) is 4.59. The van der Waals surface area contributed by atoms with Crippen LogP contribution >= 0.6 is 0 Å². The topological polar surface area (TPSA) is 54.4 Å². The molecular weight excluding hydrogens is 216 g/mol. The third-order valence-electron chi connectivity index (χ3n) is 3.65. The van der Waals surface area contributed by atoms with Gasteiger partial charge in [-0.1, -0.05) is 30.7 Å². The van der Waals surface area contributed by atoms with Crippen molar-refractivity contribution in [1.29, 1.82) is 0 Å². The Morgan fingerprint density at radius 2 is 1.65 bits per heavy atom. The van der Waals surface area contributed by atoms with Crippen LogP contribution < -0.4 is 0 Å². The number of aliphatic hydroxyl groups is 1. The summed E-state index contributed by atoms with van der Waals surface area (Å²) in [6, 6.07) is 6.74. The molecule has 0 aliphatic heterocycles. The summed E-state index contributed by atoms with van der Waals surface area (Å²) >= 11 is 0. The van der Waals surface area contributed by atoms with Gasteiger partial charge in [0.25, 0.3) is 0 Å². The average Bonchev–Trinajstić information content (AvgIpc) is 2.29. The summed E-state index contributed by atoms with van der Waals surface area (Å²) in [5, 5.41) is 10.2. The molecule has 3 nitrogen and oxygen atoms in total. The zero-order chi connectivity index (χ0) is 12.0. The van der Waals surface area contributed by atoms with Crippen molar-refractivity contribution in [3.63, 3.8) is 0 Å². The summed E-state index contributed by atoms with van der Waals surface area (Å²) in [6.45, 7) is 0. The van der Waals surface area contributed by atoms with E-state index in [4.69, 9.17) is 0 Å². The lowest BCUT2D eigenvalue weighted by Crippen LogP contribution is -2.30. The quantitative estimate of drug-likeness (QED) is 0.751. The molecule has 0 radical (unpaired) electrons. The zero-order valence-electron chi connectivity index (χ0n) is 9.27. The maximum absolute atomic E-state index is 12.0. The van der Waals surface area contributed by atoms with Gasteiger partial charge in [-0.15, -0.1) is 0 Å². The fourth-order valence-electron chi connectivity index (χ4n) is 2.46. The van der Waals surface area contributed by atoms with Gasteiger partial charge in [0.2, 0.25) is 11.6 Å². The third-order valence-corrected chi connectivity index (χ3v) is 3.65. The van der Waals surface area contributed by atoms with Crippen LogP contribution in [0, 0.1) is 5.92 Å². The highest BCUT2D eigenvalue weighted by Crippen LogP contribution is 2.40. The summed E-state index contributed by atoms with van der Waals surface area (Å²) < 4.78 is 0. The summed E-state index contributed by atoms with van der Waals surface area (Å²) in [5.41, 5.74) is 1.15. The maximum Gasteiger partial charge on any atom is 0.234 e. The van der Waals surface area contributed by atoms with Crippen molar-refractivity contribution in [2.45, 2.75) is 19.3 Å². The molecule has 0 bridgehead atoms. The van der Waals surface area contributed by atoms with E-state index in [0.29, 0.717) is 16.7 Å². The van der Waals surface area contributed by atoms with Crippen LogP contribution in [0.25, 0.3) is 5.76 Å². The number of fused-ring (bicyclic) bond motifs is 1. The SMILES string of the molecule is O=C1C(=O)c2ccccc2C(O)=C1C1CCC1. The van der Waals surface area contributed by atoms with E-state index >= 15 is 0 Å². The Hall–Kier alpha value is -1.90. The van der Waals surface area contributed by atoms with E-state index in [1.807, 2.05) is 0 Å². The predicted molar refractivity (Wildman–Crippen MR) is 62.7 cm³/mol. The molecule has 1 aromatic rings. The number of Topliss-reactive ketones (excluding diaryl/α,β-unsaturated/α-hetero) is 2. The molecule has 3 heteroatoms. The Kier molecular flexibility index (Phi) is 2.15. The van der Waals surface area contributed by atoms with Gasteiger partial charge in [-0.25, -0.2) is 0 Å². The Morgan fingerprint density at radius 3 is 2.24 bits per heavy atom. The number of ketones is 2. The van der Waals surface area contributed by atoms with E-state index in [2.05, 4.69) is 0 Å². The second-order valence-electron chi connectivity index (χ2n) is 4.59. The number of carbonyl (C=O) groups excluding carboxylic acids is 2. The second kappa shape index (κ2) is 3.55. The van der Waals surface area contributed by atoms with Crippen LogP contribution in [0.3, 0.4) is 0 Å². The van der Waals surface area contributed by atoms with Crippen LogP contribution in [-0.4, -0.2) is 16.7 Å². The Labute approximate surface area is 98.8 Å². The first-order valence-corrected chi connectivity index (χ1v) is 5.81. The summed E-state index contributed by atoms with van der Waals surface area (Å²) in [4.78, 5) is 23.9. The molecule has 1 saturated carbocycles. The molecule has 1 aromatic carbocycles. The van der Waals surface area contributed by atoms with Crippen molar-refractivity contribution >= 4 is 17.3 Å². The first-order chi connectivity index (χ1) is 8.20. The van der Waals surface area contributed by atoms with E-state index in [1.165, 1.54) is 0 Å². The van der Waals surface area contributed by atoms with Gasteiger partial charge in [0, 0.05) is 16.7 Å². The van der Waals surface area contributed by atoms with Crippen molar-refractivity contribution in [3.05, 3.63) is 41.0 Å². The smallest absolute Gasteiger partial charge is 0.234 e. The Morgan fingerprint density at radius 1 is 1.00 bits per heavy atom. The van der Waals surface area contributed by atoms with Gasteiger partial charge < -0.3 is 5.11 Å². The molecule has 1 N–H and O–H groups in total. The van der Waals surface area contributed by atoms with E-state index in [9.17, 15) is 14.7 Å². The molecular formula is C14H12O3. The molecule has 0 amide bonds. The molecule has 0 heterocycles. The summed E-state index contributed by atoms with van der Waals surface area (Å²) in [7, 11) is 0. The number of aliphatic hydroxyl groups excluding tert-OH is 1. The van der Waals surface area contributed by atoms with Crippen molar-refractivity contribution in [1.82, 2.24) is 0 Å². The zero-order valence-corrected chi connectivity index (χ0v) is 9.27. The number of allylic oxidation sites excluding steroid dienone is 1. The van der Waals surface area contributed by atoms with Gasteiger partial charge in [-0.2, -0.15) is 0 Å². The van der Waals surface area contributed by atoms with Gasteiger partial charge in [0.15, 0.2) is 0 Å². The number of hydrogen-bond acceptors (Lipinski definition) is 3. The monoisotopic (exact) mass is 228 g/mol. The average molecular weight is 228 g/mol. The Balaban J connectivity index is 2.20. The number of carbonyl (C=O) groups is 2. The minimum atomic E-state index is -0.522. The molecule has 1 fully saturated rings. The van der Waals surface area contributed by atoms with Crippen molar-refractivity contribution in [2.75, 3.05) is 0 Å². The maximum atomic E-state index is 12.0. The van der Waals surface area contributed by atoms with Crippen LogP contribution in [0.5, 0.6) is 0 Å². The molecule has 86 valence electrons. The van der Waals surface area contributed by atoms with E-state index in [0.717, 1.165) is 19.3 Å². The van der Waals surface area contributed by atoms with E-state index < -0.39 is 11.6 Å². The Bertz CT molecular complexity index is 550. The third kappa shape index (κ3) is 1.35. The number of benzene rings is 1. The van der Waals surface area contributed by atoms with E-state index in [1.54, 1.807) is 24.3 Å². The molecule has 2 aliphatic carbocycles. The molecule has 17 heavy (non-hydrogen) atoms. The predicted octanol–water partition coefficient (Wildman–Crippen LogP) is 2.52. The largest absolute Gasteiger partial charge is 0.507 e. The lowest BCUT2D eigenvalue weighted by atomic mass is 9.73. The molecule has 0 spiro atoms.